The normalized spacial score (nSPS) is 19.5. The number of sulfone groups is 1. The Morgan fingerprint density at radius 1 is 1.00 bits per heavy atom. The molecule has 32 heavy (non-hydrogen) atoms. The second kappa shape index (κ2) is 11.8. The van der Waals surface area contributed by atoms with E-state index in [0.717, 1.165) is 44.9 Å². The van der Waals surface area contributed by atoms with Crippen LogP contribution in [0.4, 0.5) is 0 Å². The Morgan fingerprint density at radius 3 is 2.28 bits per heavy atom. The van der Waals surface area contributed by atoms with Gasteiger partial charge in [-0.05, 0) is 43.7 Å². The fourth-order valence-corrected chi connectivity index (χ4v) is 6.08. The number of hydroxylamine groups is 1. The SMILES string of the molecule is O=C(NO)C(CNCS(=O)(=O)c1ccccc1)C(CC1CCCC1)C(=O)N1CCCCC1. The summed E-state index contributed by atoms with van der Waals surface area (Å²) in [6, 6.07) is 8.11. The molecule has 1 aliphatic heterocycles. The van der Waals surface area contributed by atoms with E-state index in [2.05, 4.69) is 5.32 Å². The summed E-state index contributed by atoms with van der Waals surface area (Å²) in [6.07, 6.45) is 7.90. The minimum atomic E-state index is -3.58. The van der Waals surface area contributed by atoms with Gasteiger partial charge in [0.15, 0.2) is 9.84 Å². The molecule has 2 fully saturated rings. The molecule has 0 radical (unpaired) electrons. The summed E-state index contributed by atoms with van der Waals surface area (Å²) in [7, 11) is -3.58. The Morgan fingerprint density at radius 2 is 1.66 bits per heavy atom. The highest BCUT2D eigenvalue weighted by atomic mass is 32.2. The van der Waals surface area contributed by atoms with Crippen molar-refractivity contribution in [3.63, 3.8) is 0 Å². The van der Waals surface area contributed by atoms with Crippen molar-refractivity contribution in [2.75, 3.05) is 25.5 Å². The second-order valence-electron chi connectivity index (χ2n) is 8.99. The van der Waals surface area contributed by atoms with Crippen molar-refractivity contribution >= 4 is 21.7 Å². The van der Waals surface area contributed by atoms with Crippen LogP contribution >= 0.6 is 0 Å². The zero-order chi connectivity index (χ0) is 23.0. The number of rotatable bonds is 10. The monoisotopic (exact) mass is 465 g/mol. The predicted octanol–water partition coefficient (Wildman–Crippen LogP) is 2.34. The lowest BCUT2D eigenvalue weighted by Crippen LogP contribution is -2.49. The van der Waals surface area contributed by atoms with Crippen molar-refractivity contribution < 1.29 is 23.2 Å². The smallest absolute Gasteiger partial charge is 0.248 e. The van der Waals surface area contributed by atoms with Crippen LogP contribution in [0.5, 0.6) is 0 Å². The van der Waals surface area contributed by atoms with E-state index in [0.29, 0.717) is 25.4 Å². The molecule has 0 spiro atoms. The highest BCUT2D eigenvalue weighted by Gasteiger charge is 2.38. The average molecular weight is 466 g/mol. The van der Waals surface area contributed by atoms with Gasteiger partial charge in [0.25, 0.3) is 0 Å². The molecule has 2 unspecified atom stereocenters. The Balaban J connectivity index is 1.73. The van der Waals surface area contributed by atoms with E-state index in [9.17, 15) is 23.2 Å². The summed E-state index contributed by atoms with van der Waals surface area (Å²) >= 11 is 0. The van der Waals surface area contributed by atoms with E-state index < -0.39 is 27.6 Å². The molecule has 0 bridgehead atoms. The number of carbonyl (C=O) groups is 2. The highest BCUT2D eigenvalue weighted by Crippen LogP contribution is 2.34. The molecular weight excluding hydrogens is 430 g/mol. The van der Waals surface area contributed by atoms with Crippen molar-refractivity contribution in [3.8, 4) is 0 Å². The van der Waals surface area contributed by atoms with Crippen LogP contribution in [-0.2, 0) is 19.4 Å². The van der Waals surface area contributed by atoms with E-state index in [1.165, 1.54) is 12.1 Å². The maximum absolute atomic E-state index is 13.4. The van der Waals surface area contributed by atoms with Crippen LogP contribution in [0.25, 0.3) is 0 Å². The van der Waals surface area contributed by atoms with Gasteiger partial charge in [-0.1, -0.05) is 43.9 Å². The number of piperidine rings is 1. The standard InChI is InChI=1S/C23H35N3O5S/c27-22(25-29)21(16-24-17-32(30,31)19-11-3-1-4-12-19)20(15-18-9-5-6-10-18)23(28)26-13-7-2-8-14-26/h1,3-4,11-12,18,20-21,24,29H,2,5-10,13-17H2,(H,25,27). The molecule has 1 aromatic carbocycles. The average Bonchev–Trinajstić information content (AvgIpc) is 3.34. The van der Waals surface area contributed by atoms with Gasteiger partial charge >= 0.3 is 0 Å². The Hall–Kier alpha value is -1.97. The maximum atomic E-state index is 13.4. The predicted molar refractivity (Wildman–Crippen MR) is 120 cm³/mol. The van der Waals surface area contributed by atoms with Gasteiger partial charge in [-0.25, -0.2) is 13.9 Å². The van der Waals surface area contributed by atoms with Gasteiger partial charge in [-0.3, -0.25) is 14.8 Å². The first-order chi connectivity index (χ1) is 15.4. The molecule has 8 nitrogen and oxygen atoms in total. The van der Waals surface area contributed by atoms with E-state index >= 15 is 0 Å². The first kappa shape index (κ1) is 24.7. The van der Waals surface area contributed by atoms with Gasteiger partial charge in [0.2, 0.25) is 11.8 Å². The minimum absolute atomic E-state index is 0.00454. The van der Waals surface area contributed by atoms with Gasteiger partial charge in [-0.2, -0.15) is 0 Å². The molecule has 1 saturated heterocycles. The van der Waals surface area contributed by atoms with Crippen LogP contribution in [0, 0.1) is 17.8 Å². The van der Waals surface area contributed by atoms with Gasteiger partial charge in [0, 0.05) is 19.6 Å². The molecule has 2 aliphatic rings. The summed E-state index contributed by atoms with van der Waals surface area (Å²) in [6.45, 7) is 1.36. The van der Waals surface area contributed by atoms with E-state index in [4.69, 9.17) is 0 Å². The summed E-state index contributed by atoms with van der Waals surface area (Å²) in [4.78, 5) is 28.1. The van der Waals surface area contributed by atoms with E-state index in [1.54, 1.807) is 23.7 Å². The van der Waals surface area contributed by atoms with Crippen LogP contribution < -0.4 is 10.8 Å². The third kappa shape index (κ3) is 6.52. The number of nitrogens with one attached hydrogen (secondary N) is 2. The summed E-state index contributed by atoms with van der Waals surface area (Å²) in [5.41, 5.74) is 1.71. The summed E-state index contributed by atoms with van der Waals surface area (Å²) in [5.74, 6) is -2.12. The van der Waals surface area contributed by atoms with Crippen molar-refractivity contribution in [3.05, 3.63) is 30.3 Å². The number of hydrogen-bond acceptors (Lipinski definition) is 6. The first-order valence-electron chi connectivity index (χ1n) is 11.6. The quantitative estimate of drug-likeness (QED) is 0.361. The van der Waals surface area contributed by atoms with Crippen LogP contribution in [0.2, 0.25) is 0 Å². The topological polar surface area (TPSA) is 116 Å². The zero-order valence-corrected chi connectivity index (χ0v) is 19.4. The lowest BCUT2D eigenvalue weighted by Gasteiger charge is -2.34. The number of hydrogen-bond donors (Lipinski definition) is 3. The van der Waals surface area contributed by atoms with E-state index in [-0.39, 0.29) is 23.2 Å². The Labute approximate surface area is 190 Å². The van der Waals surface area contributed by atoms with Crippen LogP contribution in [0.15, 0.2) is 35.2 Å². The minimum Gasteiger partial charge on any atom is -0.342 e. The van der Waals surface area contributed by atoms with Crippen LogP contribution in [-0.4, -0.2) is 55.9 Å². The molecule has 3 rings (SSSR count). The lowest BCUT2D eigenvalue weighted by atomic mass is 9.81. The van der Waals surface area contributed by atoms with Crippen molar-refractivity contribution in [1.82, 2.24) is 15.7 Å². The molecule has 2 amide bonds. The molecule has 2 atom stereocenters. The number of likely N-dealkylation sites (tertiary alicyclic amines) is 1. The van der Waals surface area contributed by atoms with Gasteiger partial charge in [0.1, 0.15) is 5.88 Å². The number of benzene rings is 1. The summed E-state index contributed by atoms with van der Waals surface area (Å²) < 4.78 is 25.2. The first-order valence-corrected chi connectivity index (χ1v) is 13.3. The molecule has 1 aliphatic carbocycles. The van der Waals surface area contributed by atoms with Gasteiger partial charge in [0.05, 0.1) is 16.7 Å². The highest BCUT2D eigenvalue weighted by molar-refractivity contribution is 7.91. The third-order valence-corrected chi connectivity index (χ3v) is 8.31. The molecule has 9 heteroatoms. The van der Waals surface area contributed by atoms with Gasteiger partial charge < -0.3 is 10.2 Å². The van der Waals surface area contributed by atoms with Crippen LogP contribution in [0.3, 0.4) is 0 Å². The molecule has 3 N–H and O–H groups in total. The molecule has 1 saturated carbocycles. The molecule has 1 heterocycles. The maximum Gasteiger partial charge on any atom is 0.248 e. The largest absolute Gasteiger partial charge is 0.342 e. The fourth-order valence-electron chi connectivity index (χ4n) is 4.95. The number of nitrogens with zero attached hydrogens (tertiary/aromatic N) is 1. The van der Waals surface area contributed by atoms with Crippen molar-refractivity contribution in [2.24, 2.45) is 17.8 Å². The Bertz CT molecular complexity index is 850. The van der Waals surface area contributed by atoms with Crippen molar-refractivity contribution in [2.45, 2.75) is 56.3 Å². The molecular formula is C23H35N3O5S. The lowest BCUT2D eigenvalue weighted by molar-refractivity contribution is -0.146. The third-order valence-electron chi connectivity index (χ3n) is 6.74. The van der Waals surface area contributed by atoms with Crippen molar-refractivity contribution in [1.29, 1.82) is 0 Å². The Kier molecular flexibility index (Phi) is 9.07. The number of carbonyl (C=O) groups excluding carboxylic acids is 2. The van der Waals surface area contributed by atoms with Crippen LogP contribution in [0.1, 0.15) is 51.4 Å². The molecule has 0 aromatic heterocycles. The molecule has 178 valence electrons. The van der Waals surface area contributed by atoms with Gasteiger partial charge in [-0.15, -0.1) is 0 Å². The summed E-state index contributed by atoms with van der Waals surface area (Å²) in [5, 5.41) is 12.2. The number of amides is 2. The molecule has 1 aromatic rings. The fraction of sp³-hybridized carbons (Fsp3) is 0.652. The zero-order valence-electron chi connectivity index (χ0n) is 18.5. The van der Waals surface area contributed by atoms with E-state index in [1.807, 2.05) is 4.90 Å². The second-order valence-corrected chi connectivity index (χ2v) is 11.0.